The standard InChI is InChI=1S/C33H34BrN11O5.ClH/c1-17(34)29(46)38-19-5-6-22-18(11-19)12-23(41-22)30(47)39-20-13-25(43(2)15-20)32(49)40-21-14-26(44(3)16-21)33(50)42-28-8-7-24(45(28)4)31(48)37-10-9-27(35)36;/h5-8,11-16,41H,1,9-10H2,2-4H3,(H3,35,36)(H,37,48)(H,38,46)(H,39,47)(H,40,49)(H,42,50);1H. The van der Waals surface area contributed by atoms with Crippen molar-refractivity contribution in [2.45, 2.75) is 6.42 Å². The normalized spacial score (nSPS) is 10.6. The minimum Gasteiger partial charge on any atom is -1.00 e. The van der Waals surface area contributed by atoms with Crippen LogP contribution in [-0.4, -0.2) is 60.6 Å². The topological polar surface area (TPSA) is 228 Å². The molecular formula is C33H35BrClN11O5. The molecule has 0 unspecified atom stereocenters. The van der Waals surface area contributed by atoms with Gasteiger partial charge in [0.05, 0.1) is 22.3 Å². The molecule has 10 N–H and O–H groups in total. The Balaban J connectivity index is 0.00000583. The summed E-state index contributed by atoms with van der Waals surface area (Å²) in [4.78, 5) is 66.9. The lowest BCUT2D eigenvalue weighted by atomic mass is 10.2. The van der Waals surface area contributed by atoms with Gasteiger partial charge in [-0.2, -0.15) is 0 Å². The number of aromatic nitrogens is 4. The quantitative estimate of drug-likeness (QED) is 0.0451. The second-order valence-electron chi connectivity index (χ2n) is 11.4. The van der Waals surface area contributed by atoms with E-state index < -0.39 is 17.7 Å². The van der Waals surface area contributed by atoms with Crippen LogP contribution in [0, 0.1) is 0 Å². The number of aryl methyl sites for hydroxylation is 2. The van der Waals surface area contributed by atoms with Crippen LogP contribution in [0.5, 0.6) is 0 Å². The number of hydrogen-bond donors (Lipinski definition) is 8. The third-order valence-corrected chi connectivity index (χ3v) is 8.02. The predicted molar refractivity (Wildman–Crippen MR) is 193 cm³/mol. The fourth-order valence-corrected chi connectivity index (χ4v) is 5.20. The van der Waals surface area contributed by atoms with Crippen molar-refractivity contribution in [2.24, 2.45) is 26.9 Å². The maximum atomic E-state index is 13.2. The second kappa shape index (κ2) is 15.6. The van der Waals surface area contributed by atoms with Gasteiger partial charge in [-0.3, -0.25) is 35.1 Å². The van der Waals surface area contributed by atoms with Gasteiger partial charge in [0.15, 0.2) is 0 Å². The Kier molecular flexibility index (Phi) is 11.6. The van der Waals surface area contributed by atoms with Gasteiger partial charge in [0, 0.05) is 56.7 Å². The molecule has 16 nitrogen and oxygen atoms in total. The summed E-state index contributed by atoms with van der Waals surface area (Å²) < 4.78 is 4.85. The van der Waals surface area contributed by atoms with Crippen LogP contribution in [0.4, 0.5) is 22.9 Å². The van der Waals surface area contributed by atoms with E-state index in [0.29, 0.717) is 45.9 Å². The van der Waals surface area contributed by atoms with Crippen molar-refractivity contribution in [3.63, 3.8) is 0 Å². The monoisotopic (exact) mass is 779 g/mol. The molecule has 0 radical (unpaired) electrons. The van der Waals surface area contributed by atoms with E-state index in [0.717, 1.165) is 0 Å². The van der Waals surface area contributed by atoms with Gasteiger partial charge in [0.25, 0.3) is 29.5 Å². The lowest BCUT2D eigenvalue weighted by Crippen LogP contribution is -3.00. The van der Waals surface area contributed by atoms with E-state index in [4.69, 9.17) is 11.1 Å². The highest BCUT2D eigenvalue weighted by Crippen LogP contribution is 2.23. The third kappa shape index (κ3) is 8.75. The number of nitrogens with one attached hydrogen (secondary N) is 6. The first-order chi connectivity index (χ1) is 23.7. The first-order valence-electron chi connectivity index (χ1n) is 15.1. The Labute approximate surface area is 305 Å². The molecule has 0 fully saturated rings. The number of halogens is 2. The summed E-state index contributed by atoms with van der Waals surface area (Å²) in [6.45, 7) is 3.82. The number of anilines is 4. The number of amides is 5. The Hall–Kier alpha value is -6.07. The van der Waals surface area contributed by atoms with Gasteiger partial charge in [-0.15, -0.1) is 0 Å². The molecule has 0 aliphatic rings. The van der Waals surface area contributed by atoms with Crippen LogP contribution in [0.15, 0.2) is 72.0 Å². The molecule has 0 spiro atoms. The number of H-pyrrole nitrogens is 1. The molecule has 1 aromatic carbocycles. The number of benzene rings is 1. The van der Waals surface area contributed by atoms with E-state index in [-0.39, 0.29) is 58.2 Å². The van der Waals surface area contributed by atoms with Crippen LogP contribution in [0.25, 0.3) is 10.9 Å². The summed E-state index contributed by atoms with van der Waals surface area (Å²) in [6.07, 6.45) is 3.52. The van der Waals surface area contributed by atoms with Crippen molar-refractivity contribution in [1.29, 1.82) is 0 Å². The molecule has 0 aliphatic carbocycles. The van der Waals surface area contributed by atoms with Crippen LogP contribution >= 0.6 is 15.9 Å². The highest BCUT2D eigenvalue weighted by atomic mass is 79.9. The number of amidine groups is 1. The molecule has 4 aromatic heterocycles. The van der Waals surface area contributed by atoms with Crippen molar-refractivity contribution < 1.29 is 41.8 Å². The number of hydrogen-bond acceptors (Lipinski definition) is 5. The predicted octanol–water partition coefficient (Wildman–Crippen LogP) is -0.972. The van der Waals surface area contributed by atoms with Crippen molar-refractivity contribution in [2.75, 3.05) is 27.8 Å². The largest absolute Gasteiger partial charge is 1.00 e. The van der Waals surface area contributed by atoms with Crippen LogP contribution in [0.3, 0.4) is 0 Å². The minimum absolute atomic E-state index is 0. The summed E-state index contributed by atoms with van der Waals surface area (Å²) >= 11 is 3.04. The molecule has 5 rings (SSSR count). The minimum atomic E-state index is -0.469. The summed E-state index contributed by atoms with van der Waals surface area (Å²) in [5, 5.41) is 19.9. The van der Waals surface area contributed by atoms with Gasteiger partial charge in [-0.25, -0.2) is 0 Å². The van der Waals surface area contributed by atoms with Gasteiger partial charge < -0.3 is 57.7 Å². The van der Waals surface area contributed by atoms with E-state index in [1.165, 1.54) is 12.1 Å². The van der Waals surface area contributed by atoms with E-state index in [1.807, 2.05) is 0 Å². The fraction of sp³-hybridized carbons (Fsp3) is 0.152. The number of aromatic amines is 1. The Morgan fingerprint density at radius 3 is 2.00 bits per heavy atom. The van der Waals surface area contributed by atoms with E-state index in [2.05, 4.69) is 54.1 Å². The van der Waals surface area contributed by atoms with E-state index >= 15 is 0 Å². The maximum Gasteiger partial charge on any atom is 0.273 e. The van der Waals surface area contributed by atoms with E-state index in [9.17, 15) is 24.0 Å². The number of nitrogens with zero attached hydrogens (tertiary/aromatic N) is 3. The van der Waals surface area contributed by atoms with Gasteiger partial charge in [-0.1, -0.05) is 6.58 Å². The van der Waals surface area contributed by atoms with Crippen molar-refractivity contribution in [3.8, 4) is 0 Å². The molecule has 0 saturated heterocycles. The lowest BCUT2D eigenvalue weighted by Gasteiger charge is -2.09. The highest BCUT2D eigenvalue weighted by Gasteiger charge is 2.20. The molecule has 18 heteroatoms. The van der Waals surface area contributed by atoms with Gasteiger partial charge >= 0.3 is 0 Å². The summed E-state index contributed by atoms with van der Waals surface area (Å²) in [6, 6.07) is 13.0. The van der Waals surface area contributed by atoms with Crippen molar-refractivity contribution in [3.05, 3.63) is 94.8 Å². The van der Waals surface area contributed by atoms with Crippen LogP contribution < -0.4 is 50.1 Å². The fourth-order valence-electron chi connectivity index (χ4n) is 5.10. The molecule has 5 amide bonds. The van der Waals surface area contributed by atoms with Crippen LogP contribution in [0.1, 0.15) is 48.4 Å². The number of rotatable bonds is 12. The zero-order chi connectivity index (χ0) is 36.3. The zero-order valence-electron chi connectivity index (χ0n) is 27.7. The molecule has 266 valence electrons. The first-order valence-corrected chi connectivity index (χ1v) is 15.9. The van der Waals surface area contributed by atoms with E-state index in [1.54, 1.807) is 83.6 Å². The molecule has 0 aliphatic heterocycles. The van der Waals surface area contributed by atoms with Crippen LogP contribution in [-0.2, 0) is 25.9 Å². The van der Waals surface area contributed by atoms with Gasteiger partial charge in [0.1, 0.15) is 28.6 Å². The number of carbonyl (C=O) groups is 5. The summed E-state index contributed by atoms with van der Waals surface area (Å²) in [7, 11) is 4.96. The SMILES string of the molecule is C=C(Br)C(=O)Nc1ccc2[nH]c(C(=O)Nc3cc(C(=O)Nc4cc(C(=O)Nc5ccc(C(=O)NCCC(N)=[NH2+])n5C)n(C)c4)n(C)c3)cc2c1.[Cl-]. The van der Waals surface area contributed by atoms with Crippen LogP contribution in [0.2, 0.25) is 0 Å². The number of fused-ring (bicyclic) bond motifs is 1. The lowest BCUT2D eigenvalue weighted by molar-refractivity contribution is -0.118. The summed E-state index contributed by atoms with van der Waals surface area (Å²) in [5.74, 6) is -1.49. The molecule has 5 aromatic rings. The van der Waals surface area contributed by atoms with Gasteiger partial charge in [0.2, 0.25) is 5.84 Å². The second-order valence-corrected chi connectivity index (χ2v) is 12.4. The first kappa shape index (κ1) is 37.7. The number of nitrogens with two attached hydrogens (primary N) is 2. The summed E-state index contributed by atoms with van der Waals surface area (Å²) in [5.41, 5.74) is 8.53. The van der Waals surface area contributed by atoms with Crippen molar-refractivity contribution in [1.82, 2.24) is 24.0 Å². The van der Waals surface area contributed by atoms with Gasteiger partial charge in [-0.05, 0) is 64.5 Å². The molecular weight excluding hydrogens is 746 g/mol. The maximum absolute atomic E-state index is 13.2. The zero-order valence-corrected chi connectivity index (χ0v) is 30.0. The highest BCUT2D eigenvalue weighted by molar-refractivity contribution is 9.12. The third-order valence-electron chi connectivity index (χ3n) is 7.66. The molecule has 0 bridgehead atoms. The Morgan fingerprint density at radius 2 is 1.39 bits per heavy atom. The Morgan fingerprint density at radius 1 is 0.784 bits per heavy atom. The average Bonchev–Trinajstić information content (AvgIpc) is 3.82. The van der Waals surface area contributed by atoms with Crippen molar-refractivity contribution >= 4 is 85.1 Å². The average molecular weight is 781 g/mol. The molecule has 4 heterocycles. The molecule has 51 heavy (non-hydrogen) atoms. The smallest absolute Gasteiger partial charge is 0.273 e. The molecule has 0 atom stereocenters. The molecule has 0 saturated carbocycles. The Bertz CT molecular complexity index is 2210. The number of carbonyl (C=O) groups excluding carboxylic acids is 5.